The average molecular weight is 301 g/mol. The Morgan fingerprint density at radius 2 is 2.00 bits per heavy atom. The van der Waals surface area contributed by atoms with Gasteiger partial charge in [-0.05, 0) is 36.6 Å². The highest BCUT2D eigenvalue weighted by Gasteiger charge is 2.07. The van der Waals surface area contributed by atoms with E-state index in [1.54, 1.807) is 30.5 Å². The number of carbonyl (C=O) groups excluding carboxylic acids is 1. The highest BCUT2D eigenvalue weighted by molar-refractivity contribution is 5.92. The summed E-state index contributed by atoms with van der Waals surface area (Å²) >= 11 is 0. The summed E-state index contributed by atoms with van der Waals surface area (Å²) in [5, 5.41) is 5.94. The van der Waals surface area contributed by atoms with E-state index in [2.05, 4.69) is 22.5 Å². The largest absolute Gasteiger partial charge is 0.384 e. The maximum absolute atomic E-state index is 13.5. The van der Waals surface area contributed by atoms with Crippen molar-refractivity contribution in [2.24, 2.45) is 0 Å². The Morgan fingerprint density at radius 3 is 2.68 bits per heavy atom. The van der Waals surface area contributed by atoms with Gasteiger partial charge in [-0.25, -0.2) is 9.37 Å². The van der Waals surface area contributed by atoms with E-state index < -0.39 is 0 Å². The lowest BCUT2D eigenvalue weighted by atomic mass is 10.1. The molecule has 0 radical (unpaired) electrons. The van der Waals surface area contributed by atoms with E-state index >= 15 is 0 Å². The molecule has 0 bridgehead atoms. The van der Waals surface area contributed by atoms with Gasteiger partial charge in [0.25, 0.3) is 5.91 Å². The first-order valence-electron chi connectivity index (χ1n) is 7.42. The number of halogens is 1. The molecule has 0 saturated carbocycles. The number of aromatic nitrogens is 1. The fourth-order valence-electron chi connectivity index (χ4n) is 2.00. The van der Waals surface area contributed by atoms with Gasteiger partial charge in [-0.1, -0.05) is 25.1 Å². The number of hydrogen-bond acceptors (Lipinski definition) is 3. The van der Waals surface area contributed by atoms with E-state index in [0.717, 1.165) is 18.7 Å². The Morgan fingerprint density at radius 1 is 1.18 bits per heavy atom. The minimum atomic E-state index is -0.251. The summed E-state index contributed by atoms with van der Waals surface area (Å²) in [5.41, 5.74) is 1.84. The van der Waals surface area contributed by atoms with Gasteiger partial charge in [0, 0.05) is 13.1 Å². The number of benzene rings is 1. The molecule has 116 valence electrons. The number of nitrogens with one attached hydrogen (secondary N) is 2. The number of pyridine rings is 1. The highest BCUT2D eigenvalue weighted by Crippen LogP contribution is 2.07. The normalized spacial score (nSPS) is 10.3. The van der Waals surface area contributed by atoms with Crippen LogP contribution < -0.4 is 10.6 Å². The summed E-state index contributed by atoms with van der Waals surface area (Å²) < 4.78 is 13.5. The fraction of sp³-hybridized carbons (Fsp3) is 0.294. The molecule has 0 unspecified atom stereocenters. The molecule has 0 atom stereocenters. The van der Waals surface area contributed by atoms with Crippen LogP contribution in [0.2, 0.25) is 0 Å². The van der Waals surface area contributed by atoms with E-state index in [-0.39, 0.29) is 11.7 Å². The SMILES string of the molecule is CCCNc1ccc(C(=O)NCCc2ccccc2F)nc1. The van der Waals surface area contributed by atoms with E-state index in [0.29, 0.717) is 24.2 Å². The third-order valence-electron chi connectivity index (χ3n) is 3.21. The molecule has 22 heavy (non-hydrogen) atoms. The Kier molecular flexibility index (Phi) is 5.89. The molecule has 0 aliphatic rings. The summed E-state index contributed by atoms with van der Waals surface area (Å²) in [6, 6.07) is 10.1. The van der Waals surface area contributed by atoms with Crippen LogP contribution in [-0.4, -0.2) is 24.0 Å². The molecular weight excluding hydrogens is 281 g/mol. The summed E-state index contributed by atoms with van der Waals surface area (Å²) in [6.07, 6.45) is 3.12. The molecule has 4 nitrogen and oxygen atoms in total. The lowest BCUT2D eigenvalue weighted by Gasteiger charge is -2.07. The molecule has 0 fully saturated rings. The van der Waals surface area contributed by atoms with Crippen LogP contribution in [0.25, 0.3) is 0 Å². The molecule has 0 saturated heterocycles. The lowest BCUT2D eigenvalue weighted by molar-refractivity contribution is 0.0949. The number of nitrogens with zero attached hydrogens (tertiary/aromatic N) is 1. The quantitative estimate of drug-likeness (QED) is 0.826. The van der Waals surface area contributed by atoms with Gasteiger partial charge in [-0.15, -0.1) is 0 Å². The lowest BCUT2D eigenvalue weighted by Crippen LogP contribution is -2.26. The Hall–Kier alpha value is -2.43. The van der Waals surface area contributed by atoms with Crippen LogP contribution in [0.5, 0.6) is 0 Å². The van der Waals surface area contributed by atoms with Crippen molar-refractivity contribution in [3.63, 3.8) is 0 Å². The predicted molar refractivity (Wildman–Crippen MR) is 85.5 cm³/mol. The predicted octanol–water partition coefficient (Wildman–Crippen LogP) is 3.02. The zero-order valence-corrected chi connectivity index (χ0v) is 12.6. The molecule has 0 aliphatic heterocycles. The third-order valence-corrected chi connectivity index (χ3v) is 3.21. The third kappa shape index (κ3) is 4.55. The van der Waals surface area contributed by atoms with Crippen molar-refractivity contribution >= 4 is 11.6 Å². The first kappa shape index (κ1) is 15.9. The molecule has 1 amide bonds. The maximum Gasteiger partial charge on any atom is 0.269 e. The summed E-state index contributed by atoms with van der Waals surface area (Å²) in [6.45, 7) is 3.32. The van der Waals surface area contributed by atoms with Crippen molar-refractivity contribution in [2.45, 2.75) is 19.8 Å². The molecule has 2 N–H and O–H groups in total. The average Bonchev–Trinajstić information content (AvgIpc) is 2.55. The van der Waals surface area contributed by atoms with Gasteiger partial charge in [0.15, 0.2) is 0 Å². The molecule has 1 aromatic carbocycles. The number of carbonyl (C=O) groups is 1. The van der Waals surface area contributed by atoms with Crippen LogP contribution in [0.3, 0.4) is 0 Å². The first-order chi connectivity index (χ1) is 10.7. The van der Waals surface area contributed by atoms with Gasteiger partial charge in [-0.3, -0.25) is 4.79 Å². The molecular formula is C17H20FN3O. The standard InChI is InChI=1S/C17H20FN3O/c1-2-10-19-14-7-8-16(21-12-14)17(22)20-11-9-13-5-3-4-6-15(13)18/h3-8,12,19H,2,9-11H2,1H3,(H,20,22). The van der Waals surface area contributed by atoms with Crippen LogP contribution >= 0.6 is 0 Å². The molecule has 2 rings (SSSR count). The van der Waals surface area contributed by atoms with Crippen molar-refractivity contribution in [1.29, 1.82) is 0 Å². The van der Waals surface area contributed by atoms with Crippen molar-refractivity contribution in [3.05, 3.63) is 59.7 Å². The van der Waals surface area contributed by atoms with Crippen molar-refractivity contribution < 1.29 is 9.18 Å². The van der Waals surface area contributed by atoms with E-state index in [9.17, 15) is 9.18 Å². The second-order valence-electron chi connectivity index (χ2n) is 4.96. The topological polar surface area (TPSA) is 54.0 Å². The maximum atomic E-state index is 13.5. The van der Waals surface area contributed by atoms with Gasteiger partial charge in [0.2, 0.25) is 0 Å². The van der Waals surface area contributed by atoms with Crippen LogP contribution in [0.4, 0.5) is 10.1 Å². The van der Waals surface area contributed by atoms with Crippen molar-refractivity contribution in [2.75, 3.05) is 18.4 Å². The molecule has 1 aromatic heterocycles. The smallest absolute Gasteiger partial charge is 0.269 e. The van der Waals surface area contributed by atoms with Gasteiger partial charge in [0.05, 0.1) is 11.9 Å². The monoisotopic (exact) mass is 301 g/mol. The minimum Gasteiger partial charge on any atom is -0.384 e. The number of amides is 1. The van der Waals surface area contributed by atoms with E-state index in [1.807, 2.05) is 6.07 Å². The number of rotatable bonds is 7. The summed E-state index contributed by atoms with van der Waals surface area (Å²) in [4.78, 5) is 16.1. The molecule has 5 heteroatoms. The van der Waals surface area contributed by atoms with Gasteiger partial charge in [0.1, 0.15) is 11.5 Å². The zero-order chi connectivity index (χ0) is 15.8. The summed E-state index contributed by atoms with van der Waals surface area (Å²) in [7, 11) is 0. The van der Waals surface area contributed by atoms with Crippen LogP contribution in [-0.2, 0) is 6.42 Å². The van der Waals surface area contributed by atoms with E-state index in [4.69, 9.17) is 0 Å². The van der Waals surface area contributed by atoms with Crippen LogP contribution in [0.15, 0.2) is 42.6 Å². The number of hydrogen-bond donors (Lipinski definition) is 2. The second kappa shape index (κ2) is 8.12. The van der Waals surface area contributed by atoms with Gasteiger partial charge >= 0.3 is 0 Å². The summed E-state index contributed by atoms with van der Waals surface area (Å²) in [5.74, 6) is -0.500. The zero-order valence-electron chi connectivity index (χ0n) is 12.6. The molecule has 0 spiro atoms. The minimum absolute atomic E-state index is 0.249. The first-order valence-corrected chi connectivity index (χ1v) is 7.42. The van der Waals surface area contributed by atoms with Crippen LogP contribution in [0, 0.1) is 5.82 Å². The number of anilines is 1. The fourth-order valence-corrected chi connectivity index (χ4v) is 2.00. The van der Waals surface area contributed by atoms with Crippen LogP contribution in [0.1, 0.15) is 29.4 Å². The highest BCUT2D eigenvalue weighted by atomic mass is 19.1. The molecule has 1 heterocycles. The molecule has 0 aliphatic carbocycles. The Balaban J connectivity index is 1.83. The van der Waals surface area contributed by atoms with Crippen molar-refractivity contribution in [1.82, 2.24) is 10.3 Å². The Labute approximate surface area is 129 Å². The van der Waals surface area contributed by atoms with Gasteiger partial charge in [-0.2, -0.15) is 0 Å². The molecule has 2 aromatic rings. The van der Waals surface area contributed by atoms with E-state index in [1.165, 1.54) is 6.07 Å². The van der Waals surface area contributed by atoms with Crippen molar-refractivity contribution in [3.8, 4) is 0 Å². The Bertz CT molecular complexity index is 614. The second-order valence-corrected chi connectivity index (χ2v) is 4.96. The van der Waals surface area contributed by atoms with Gasteiger partial charge < -0.3 is 10.6 Å².